The molecule has 0 fully saturated rings. The molecule has 0 saturated heterocycles. The lowest BCUT2D eigenvalue weighted by Gasteiger charge is -2.30. The number of hydrogen-bond donors (Lipinski definition) is 1. The van der Waals surface area contributed by atoms with Crippen LogP contribution in [-0.2, 0) is 6.42 Å². The molecule has 4 heteroatoms. The first-order valence-electron chi connectivity index (χ1n) is 5.76. The zero-order chi connectivity index (χ0) is 12.4. The van der Waals surface area contributed by atoms with Gasteiger partial charge < -0.3 is 14.7 Å². The van der Waals surface area contributed by atoms with Crippen LogP contribution in [0.15, 0.2) is 18.2 Å². The van der Waals surface area contributed by atoms with Crippen LogP contribution in [0.5, 0.6) is 5.75 Å². The third-order valence-corrected chi connectivity index (χ3v) is 2.99. The molecule has 1 aliphatic heterocycles. The van der Waals surface area contributed by atoms with Crippen molar-refractivity contribution in [3.05, 3.63) is 29.3 Å². The van der Waals surface area contributed by atoms with Crippen LogP contribution in [-0.4, -0.2) is 42.2 Å². The van der Waals surface area contributed by atoms with Gasteiger partial charge in [0.25, 0.3) is 5.91 Å². The maximum absolute atomic E-state index is 12.2. The lowest BCUT2D eigenvalue weighted by molar-refractivity contribution is 0.0629. The van der Waals surface area contributed by atoms with E-state index in [9.17, 15) is 9.90 Å². The summed E-state index contributed by atoms with van der Waals surface area (Å²) in [4.78, 5) is 13.9. The molecule has 1 aromatic carbocycles. The van der Waals surface area contributed by atoms with E-state index in [2.05, 4.69) is 0 Å². The quantitative estimate of drug-likeness (QED) is 0.852. The molecule has 0 aliphatic carbocycles. The van der Waals surface area contributed by atoms with E-state index >= 15 is 0 Å². The molecule has 1 aromatic rings. The highest BCUT2D eigenvalue weighted by molar-refractivity contribution is 5.97. The highest BCUT2D eigenvalue weighted by atomic mass is 16.5. The summed E-state index contributed by atoms with van der Waals surface area (Å²) in [6.45, 7) is 2.71. The summed E-state index contributed by atoms with van der Waals surface area (Å²) in [6, 6.07) is 5.51. The Morgan fingerprint density at radius 1 is 1.53 bits per heavy atom. The van der Waals surface area contributed by atoms with Gasteiger partial charge in [0.05, 0.1) is 13.2 Å². The van der Waals surface area contributed by atoms with Crippen molar-refractivity contribution in [2.45, 2.75) is 19.4 Å². The number of aliphatic hydroxyl groups is 1. The highest BCUT2D eigenvalue weighted by Gasteiger charge is 2.26. The zero-order valence-electron chi connectivity index (χ0n) is 10.1. The van der Waals surface area contributed by atoms with Crippen LogP contribution in [0.4, 0.5) is 0 Å². The van der Waals surface area contributed by atoms with E-state index in [1.165, 1.54) is 0 Å². The van der Waals surface area contributed by atoms with Crippen LogP contribution in [0.25, 0.3) is 0 Å². The number of benzene rings is 1. The summed E-state index contributed by atoms with van der Waals surface area (Å²) in [7, 11) is 1.61. The van der Waals surface area contributed by atoms with Gasteiger partial charge in [-0.25, -0.2) is 0 Å². The van der Waals surface area contributed by atoms with Crippen molar-refractivity contribution in [3.8, 4) is 5.75 Å². The molecule has 0 bridgehead atoms. The Labute approximate surface area is 101 Å². The van der Waals surface area contributed by atoms with Gasteiger partial charge in [-0.3, -0.25) is 4.79 Å². The maximum Gasteiger partial charge on any atom is 0.254 e. The number of carbonyl (C=O) groups is 1. The second-order valence-electron chi connectivity index (χ2n) is 4.34. The second-order valence-corrected chi connectivity index (χ2v) is 4.34. The number of nitrogens with zero attached hydrogens (tertiary/aromatic N) is 1. The molecular formula is C13H17NO3. The Morgan fingerprint density at radius 3 is 2.94 bits per heavy atom. The summed E-state index contributed by atoms with van der Waals surface area (Å²) < 4.78 is 5.26. The second kappa shape index (κ2) is 4.75. The van der Waals surface area contributed by atoms with Gasteiger partial charge in [-0.2, -0.15) is 0 Å². The van der Waals surface area contributed by atoms with Crippen LogP contribution < -0.4 is 4.74 Å². The molecule has 1 N–H and O–H groups in total. The van der Waals surface area contributed by atoms with Gasteiger partial charge in [0.15, 0.2) is 0 Å². The van der Waals surface area contributed by atoms with Crippen LogP contribution in [0, 0.1) is 0 Å². The number of methoxy groups -OCH3 is 1. The number of aliphatic hydroxyl groups excluding tert-OH is 1. The van der Waals surface area contributed by atoms with Gasteiger partial charge in [0.2, 0.25) is 0 Å². The van der Waals surface area contributed by atoms with Gasteiger partial charge in [-0.05, 0) is 25.5 Å². The predicted molar refractivity (Wildman–Crippen MR) is 64.3 cm³/mol. The minimum atomic E-state index is -0.494. The molecule has 17 heavy (non-hydrogen) atoms. The van der Waals surface area contributed by atoms with Gasteiger partial charge in [0, 0.05) is 24.2 Å². The Kier molecular flexibility index (Phi) is 3.33. The molecule has 0 radical (unpaired) electrons. The number of hydrogen-bond acceptors (Lipinski definition) is 3. The van der Waals surface area contributed by atoms with E-state index in [4.69, 9.17) is 4.74 Å². The van der Waals surface area contributed by atoms with Crippen LogP contribution >= 0.6 is 0 Å². The normalized spacial score (nSPS) is 16.6. The molecule has 1 amide bonds. The number of rotatable bonds is 3. The molecule has 1 heterocycles. The van der Waals surface area contributed by atoms with Crippen LogP contribution in [0.1, 0.15) is 22.8 Å². The van der Waals surface area contributed by atoms with Crippen molar-refractivity contribution in [3.63, 3.8) is 0 Å². The van der Waals surface area contributed by atoms with E-state index in [-0.39, 0.29) is 5.91 Å². The van der Waals surface area contributed by atoms with E-state index in [0.717, 1.165) is 17.7 Å². The molecule has 0 saturated carbocycles. The Bertz CT molecular complexity index is 429. The molecule has 0 aromatic heterocycles. The van der Waals surface area contributed by atoms with Crippen molar-refractivity contribution in [2.24, 2.45) is 0 Å². The van der Waals surface area contributed by atoms with Gasteiger partial charge >= 0.3 is 0 Å². The van der Waals surface area contributed by atoms with E-state index in [0.29, 0.717) is 18.7 Å². The summed E-state index contributed by atoms with van der Waals surface area (Å²) in [5, 5.41) is 9.35. The van der Waals surface area contributed by atoms with Crippen molar-refractivity contribution in [1.82, 2.24) is 4.90 Å². The third-order valence-electron chi connectivity index (χ3n) is 2.99. The fourth-order valence-corrected chi connectivity index (χ4v) is 2.23. The number of β-amino-alcohol motifs (C(OH)–C–C–N with tert-alkyl or cyclic N) is 1. The molecular weight excluding hydrogens is 218 g/mol. The fourth-order valence-electron chi connectivity index (χ4n) is 2.23. The SMILES string of the molecule is COc1cccc2c1CCN(CC(C)O)C2=O. The number of amides is 1. The first kappa shape index (κ1) is 11.9. The minimum Gasteiger partial charge on any atom is -0.496 e. The Balaban J connectivity index is 2.30. The lowest BCUT2D eigenvalue weighted by atomic mass is 9.98. The standard InChI is InChI=1S/C13H17NO3/c1-9(15)8-14-7-6-10-11(13(14)16)4-3-5-12(10)17-2/h3-5,9,15H,6-8H2,1-2H3. The molecule has 4 nitrogen and oxygen atoms in total. The third kappa shape index (κ3) is 2.26. The molecule has 1 unspecified atom stereocenters. The zero-order valence-corrected chi connectivity index (χ0v) is 10.1. The fraction of sp³-hybridized carbons (Fsp3) is 0.462. The Hall–Kier alpha value is -1.55. The number of carbonyl (C=O) groups excluding carboxylic acids is 1. The monoisotopic (exact) mass is 235 g/mol. The van der Waals surface area contributed by atoms with Gasteiger partial charge in [0.1, 0.15) is 5.75 Å². The molecule has 92 valence electrons. The Morgan fingerprint density at radius 2 is 2.29 bits per heavy atom. The number of ether oxygens (including phenoxy) is 1. The molecule has 1 aliphatic rings. The first-order valence-corrected chi connectivity index (χ1v) is 5.76. The average Bonchev–Trinajstić information content (AvgIpc) is 2.31. The molecule has 0 spiro atoms. The summed E-state index contributed by atoms with van der Waals surface area (Å²) in [5.41, 5.74) is 1.66. The summed E-state index contributed by atoms with van der Waals surface area (Å²) in [5.74, 6) is 0.749. The molecule has 1 atom stereocenters. The summed E-state index contributed by atoms with van der Waals surface area (Å²) in [6.07, 6.45) is 0.281. The lowest BCUT2D eigenvalue weighted by Crippen LogP contribution is -2.41. The maximum atomic E-state index is 12.2. The van der Waals surface area contributed by atoms with Crippen LogP contribution in [0.2, 0.25) is 0 Å². The van der Waals surface area contributed by atoms with E-state index in [1.807, 2.05) is 18.2 Å². The average molecular weight is 235 g/mol. The van der Waals surface area contributed by atoms with Crippen molar-refractivity contribution < 1.29 is 14.6 Å². The first-order chi connectivity index (χ1) is 8.13. The summed E-state index contributed by atoms with van der Waals surface area (Å²) >= 11 is 0. The van der Waals surface area contributed by atoms with Crippen molar-refractivity contribution in [2.75, 3.05) is 20.2 Å². The smallest absolute Gasteiger partial charge is 0.254 e. The van der Waals surface area contributed by atoms with Crippen molar-refractivity contribution in [1.29, 1.82) is 0 Å². The van der Waals surface area contributed by atoms with Gasteiger partial charge in [-0.1, -0.05) is 6.07 Å². The minimum absolute atomic E-state index is 0.0222. The number of fused-ring (bicyclic) bond motifs is 1. The van der Waals surface area contributed by atoms with Crippen LogP contribution in [0.3, 0.4) is 0 Å². The predicted octanol–water partition coefficient (Wildman–Crippen LogP) is 1.07. The molecule has 2 rings (SSSR count). The van der Waals surface area contributed by atoms with E-state index in [1.54, 1.807) is 18.9 Å². The highest BCUT2D eigenvalue weighted by Crippen LogP contribution is 2.27. The largest absolute Gasteiger partial charge is 0.496 e. The van der Waals surface area contributed by atoms with E-state index < -0.39 is 6.10 Å². The topological polar surface area (TPSA) is 49.8 Å². The van der Waals surface area contributed by atoms with Gasteiger partial charge in [-0.15, -0.1) is 0 Å². The van der Waals surface area contributed by atoms with Crippen molar-refractivity contribution >= 4 is 5.91 Å².